The summed E-state index contributed by atoms with van der Waals surface area (Å²) in [6.07, 6.45) is 0. The number of ether oxygens (including phenoxy) is 2. The van der Waals surface area contributed by atoms with Crippen LogP contribution in [0.4, 0.5) is 19.3 Å². The van der Waals surface area contributed by atoms with Crippen molar-refractivity contribution in [3.05, 3.63) is 53.6 Å². The molecule has 0 aliphatic heterocycles. The van der Waals surface area contributed by atoms with E-state index in [1.54, 1.807) is 37.3 Å². The third kappa shape index (κ3) is 6.25. The van der Waals surface area contributed by atoms with Crippen molar-refractivity contribution in [3.63, 3.8) is 0 Å². The van der Waals surface area contributed by atoms with E-state index in [0.29, 0.717) is 16.8 Å². The summed E-state index contributed by atoms with van der Waals surface area (Å²) in [7, 11) is 0. The van der Waals surface area contributed by atoms with Crippen LogP contribution in [-0.4, -0.2) is 25.0 Å². The summed E-state index contributed by atoms with van der Waals surface area (Å²) >= 11 is 0. The Balaban J connectivity index is 1.99. The molecule has 0 spiro atoms. The number of rotatable bonds is 8. The zero-order valence-corrected chi connectivity index (χ0v) is 14.9. The van der Waals surface area contributed by atoms with Crippen LogP contribution in [0.3, 0.4) is 0 Å². The van der Waals surface area contributed by atoms with Crippen molar-refractivity contribution in [1.82, 2.24) is 5.32 Å². The first-order valence-electron chi connectivity index (χ1n) is 8.25. The molecule has 0 heterocycles. The fourth-order valence-electron chi connectivity index (χ4n) is 2.30. The molecule has 0 radical (unpaired) electrons. The van der Waals surface area contributed by atoms with Crippen molar-refractivity contribution in [2.75, 3.05) is 11.9 Å². The first-order valence-corrected chi connectivity index (χ1v) is 8.25. The normalized spacial score (nSPS) is 10.4. The number of alkyl halides is 2. The van der Waals surface area contributed by atoms with Crippen molar-refractivity contribution < 1.29 is 27.8 Å². The van der Waals surface area contributed by atoms with Gasteiger partial charge in [-0.1, -0.05) is 18.2 Å². The number of ketones is 1. The number of hydrogen-bond acceptors (Lipinski definition) is 4. The molecule has 6 nitrogen and oxygen atoms in total. The summed E-state index contributed by atoms with van der Waals surface area (Å²) < 4.78 is 34.5. The highest BCUT2D eigenvalue weighted by Gasteiger charge is 2.12. The molecular weight excluding hydrogens is 358 g/mol. The maximum Gasteiger partial charge on any atom is 0.387 e. The Bertz CT molecular complexity index is 812. The number of Topliss-reactive ketones (excluding diaryl/α,β-unsaturated/α-hetero) is 1. The van der Waals surface area contributed by atoms with E-state index in [0.717, 1.165) is 0 Å². The Morgan fingerprint density at radius 3 is 2.56 bits per heavy atom. The second-order valence-corrected chi connectivity index (χ2v) is 5.54. The Kier molecular flexibility index (Phi) is 7.10. The molecule has 27 heavy (non-hydrogen) atoms. The monoisotopic (exact) mass is 378 g/mol. The molecular formula is C19H20F2N2O4. The number of carbonyl (C=O) groups excluding carboxylic acids is 2. The topological polar surface area (TPSA) is 76.7 Å². The van der Waals surface area contributed by atoms with Crippen LogP contribution in [0.15, 0.2) is 42.5 Å². The fourth-order valence-corrected chi connectivity index (χ4v) is 2.30. The van der Waals surface area contributed by atoms with Crippen molar-refractivity contribution >= 4 is 17.5 Å². The Hall–Kier alpha value is -3.16. The quantitative estimate of drug-likeness (QED) is 0.675. The number of anilines is 1. The van der Waals surface area contributed by atoms with Gasteiger partial charge in [-0.25, -0.2) is 4.79 Å². The predicted octanol–water partition coefficient (Wildman–Crippen LogP) is 4.21. The van der Waals surface area contributed by atoms with Crippen LogP contribution < -0.4 is 20.1 Å². The standard InChI is InChI=1S/C19H20F2N2O4/c1-3-26-17-9-13(7-8-16(17)27-18(20)21)11-22-19(25)23-15-6-4-5-14(10-15)12(2)24/h4-10,18H,3,11H2,1-2H3,(H2,22,23,25). The van der Waals surface area contributed by atoms with Crippen LogP contribution in [0.25, 0.3) is 0 Å². The largest absolute Gasteiger partial charge is 0.490 e. The molecule has 2 aromatic carbocycles. The molecule has 2 N–H and O–H groups in total. The Morgan fingerprint density at radius 1 is 1.11 bits per heavy atom. The van der Waals surface area contributed by atoms with E-state index in [2.05, 4.69) is 15.4 Å². The number of nitrogens with one attached hydrogen (secondary N) is 2. The van der Waals surface area contributed by atoms with E-state index in [-0.39, 0.29) is 30.4 Å². The van der Waals surface area contributed by atoms with Crippen LogP contribution in [0.5, 0.6) is 11.5 Å². The lowest BCUT2D eigenvalue weighted by Gasteiger charge is -2.13. The highest BCUT2D eigenvalue weighted by molar-refractivity contribution is 5.96. The predicted molar refractivity (Wildman–Crippen MR) is 96.5 cm³/mol. The number of benzene rings is 2. The average Bonchev–Trinajstić information content (AvgIpc) is 2.62. The van der Waals surface area contributed by atoms with E-state index < -0.39 is 12.6 Å². The highest BCUT2D eigenvalue weighted by atomic mass is 19.3. The average molecular weight is 378 g/mol. The van der Waals surface area contributed by atoms with E-state index >= 15 is 0 Å². The maximum absolute atomic E-state index is 12.4. The molecule has 8 heteroatoms. The number of amides is 2. The lowest BCUT2D eigenvalue weighted by molar-refractivity contribution is -0.0514. The van der Waals surface area contributed by atoms with Gasteiger partial charge in [0.05, 0.1) is 6.61 Å². The molecule has 0 saturated heterocycles. The molecule has 144 valence electrons. The zero-order chi connectivity index (χ0) is 19.8. The molecule has 2 amide bonds. The van der Waals surface area contributed by atoms with Gasteiger partial charge < -0.3 is 20.1 Å². The molecule has 0 aromatic heterocycles. The summed E-state index contributed by atoms with van der Waals surface area (Å²) in [6, 6.07) is 10.5. The van der Waals surface area contributed by atoms with Gasteiger partial charge in [0, 0.05) is 17.8 Å². The van der Waals surface area contributed by atoms with Gasteiger partial charge >= 0.3 is 12.6 Å². The van der Waals surface area contributed by atoms with Gasteiger partial charge in [-0.2, -0.15) is 8.78 Å². The second kappa shape index (κ2) is 9.51. The van der Waals surface area contributed by atoms with Gasteiger partial charge in [-0.15, -0.1) is 0 Å². The maximum atomic E-state index is 12.4. The third-order valence-electron chi connectivity index (χ3n) is 3.50. The van der Waals surface area contributed by atoms with Crippen molar-refractivity contribution in [3.8, 4) is 11.5 Å². The van der Waals surface area contributed by atoms with Crippen LogP contribution in [-0.2, 0) is 6.54 Å². The lowest BCUT2D eigenvalue weighted by atomic mass is 10.1. The van der Waals surface area contributed by atoms with Gasteiger partial charge in [0.2, 0.25) is 0 Å². The van der Waals surface area contributed by atoms with Gasteiger partial charge in [0.1, 0.15) is 0 Å². The van der Waals surface area contributed by atoms with Crippen molar-refractivity contribution in [2.45, 2.75) is 27.0 Å². The first kappa shape index (κ1) is 20.2. The Labute approximate surface area is 155 Å². The van der Waals surface area contributed by atoms with Gasteiger partial charge in [-0.3, -0.25) is 4.79 Å². The fraction of sp³-hybridized carbons (Fsp3) is 0.263. The van der Waals surface area contributed by atoms with Crippen molar-refractivity contribution in [2.24, 2.45) is 0 Å². The minimum absolute atomic E-state index is 0.0684. The minimum Gasteiger partial charge on any atom is -0.490 e. The van der Waals surface area contributed by atoms with Crippen LogP contribution >= 0.6 is 0 Å². The number of urea groups is 1. The van der Waals surface area contributed by atoms with Gasteiger partial charge in [0.25, 0.3) is 0 Å². The SMILES string of the molecule is CCOc1cc(CNC(=O)Nc2cccc(C(C)=O)c2)ccc1OC(F)F. The van der Waals surface area contributed by atoms with Crippen molar-refractivity contribution in [1.29, 1.82) is 0 Å². The lowest BCUT2D eigenvalue weighted by Crippen LogP contribution is -2.28. The Morgan fingerprint density at radius 2 is 1.89 bits per heavy atom. The molecule has 2 rings (SSSR count). The van der Waals surface area contributed by atoms with E-state index in [1.165, 1.54) is 19.1 Å². The molecule has 0 saturated carbocycles. The highest BCUT2D eigenvalue weighted by Crippen LogP contribution is 2.29. The number of hydrogen-bond donors (Lipinski definition) is 2. The first-order chi connectivity index (χ1) is 12.9. The summed E-state index contributed by atoms with van der Waals surface area (Å²) in [5.74, 6) is 0.00128. The molecule has 0 unspecified atom stereocenters. The molecule has 0 aliphatic carbocycles. The van der Waals surface area contributed by atoms with Gasteiger partial charge in [-0.05, 0) is 43.7 Å². The number of carbonyl (C=O) groups is 2. The van der Waals surface area contributed by atoms with E-state index in [4.69, 9.17) is 4.74 Å². The molecule has 0 bridgehead atoms. The minimum atomic E-state index is -2.95. The third-order valence-corrected chi connectivity index (χ3v) is 3.50. The summed E-state index contributed by atoms with van der Waals surface area (Å²) in [5, 5.41) is 5.27. The second-order valence-electron chi connectivity index (χ2n) is 5.54. The van der Waals surface area contributed by atoms with Crippen LogP contribution in [0, 0.1) is 0 Å². The molecule has 0 atom stereocenters. The van der Waals surface area contributed by atoms with Crippen LogP contribution in [0.1, 0.15) is 29.8 Å². The molecule has 2 aromatic rings. The molecule has 0 aliphatic rings. The number of halogens is 2. The van der Waals surface area contributed by atoms with E-state index in [1.807, 2.05) is 0 Å². The zero-order valence-electron chi connectivity index (χ0n) is 14.9. The smallest absolute Gasteiger partial charge is 0.387 e. The summed E-state index contributed by atoms with van der Waals surface area (Å²) in [6.45, 7) is 0.636. The summed E-state index contributed by atoms with van der Waals surface area (Å²) in [4.78, 5) is 23.4. The van der Waals surface area contributed by atoms with E-state index in [9.17, 15) is 18.4 Å². The van der Waals surface area contributed by atoms with Gasteiger partial charge in [0.15, 0.2) is 17.3 Å². The van der Waals surface area contributed by atoms with Crippen LogP contribution in [0.2, 0.25) is 0 Å². The molecule has 0 fully saturated rings. The summed E-state index contributed by atoms with van der Waals surface area (Å²) in [5.41, 5.74) is 1.62.